The third kappa shape index (κ3) is 4.76. The quantitative estimate of drug-likeness (QED) is 0.883. The van der Waals surface area contributed by atoms with E-state index in [2.05, 4.69) is 10.4 Å². The first-order valence-corrected chi connectivity index (χ1v) is 9.16. The van der Waals surface area contributed by atoms with Crippen LogP contribution in [0.15, 0.2) is 35.2 Å². The van der Waals surface area contributed by atoms with Gasteiger partial charge in [0.2, 0.25) is 5.91 Å². The van der Waals surface area contributed by atoms with Crippen molar-refractivity contribution in [1.29, 1.82) is 0 Å². The molecule has 1 amide bonds. The molecule has 2 atom stereocenters. The fourth-order valence-corrected chi connectivity index (χ4v) is 2.97. The summed E-state index contributed by atoms with van der Waals surface area (Å²) >= 11 is 0. The molecule has 1 N–H and O–H groups in total. The van der Waals surface area contributed by atoms with Gasteiger partial charge in [0.05, 0.1) is 11.7 Å². The standard InChI is InChI=1S/C17H23N3O2S/c1-12-11-13(2)20(19-12)10-9-17(21)18-14(3)15-5-7-16(8-6-15)23(4)22/h5-8,11,14H,9-10H2,1-4H3,(H,18,21). The number of nitrogens with zero attached hydrogens (tertiary/aromatic N) is 2. The molecule has 0 aliphatic carbocycles. The van der Waals surface area contributed by atoms with E-state index >= 15 is 0 Å². The van der Waals surface area contributed by atoms with E-state index in [0.717, 1.165) is 21.8 Å². The molecule has 1 aromatic carbocycles. The fourth-order valence-electron chi connectivity index (χ4n) is 2.45. The Kier molecular flexibility index (Phi) is 5.71. The largest absolute Gasteiger partial charge is 0.350 e. The minimum Gasteiger partial charge on any atom is -0.350 e. The van der Waals surface area contributed by atoms with Crippen LogP contribution in [0.5, 0.6) is 0 Å². The van der Waals surface area contributed by atoms with E-state index in [4.69, 9.17) is 0 Å². The number of benzene rings is 1. The van der Waals surface area contributed by atoms with Crippen molar-refractivity contribution >= 4 is 16.7 Å². The molecule has 0 radical (unpaired) electrons. The Labute approximate surface area is 139 Å². The highest BCUT2D eigenvalue weighted by Crippen LogP contribution is 2.15. The predicted octanol–water partition coefficient (Wildman–Crippen LogP) is 2.50. The zero-order valence-corrected chi connectivity index (χ0v) is 14.8. The van der Waals surface area contributed by atoms with Crippen LogP contribution in [0, 0.1) is 13.8 Å². The summed E-state index contributed by atoms with van der Waals surface area (Å²) in [6.45, 7) is 6.45. The van der Waals surface area contributed by atoms with Gasteiger partial charge in [0.25, 0.3) is 0 Å². The van der Waals surface area contributed by atoms with Crippen LogP contribution in [0.1, 0.15) is 36.3 Å². The van der Waals surface area contributed by atoms with Gasteiger partial charge in [-0.05, 0) is 44.5 Å². The first kappa shape index (κ1) is 17.4. The summed E-state index contributed by atoms with van der Waals surface area (Å²) in [5.41, 5.74) is 3.02. The first-order chi connectivity index (χ1) is 10.9. The van der Waals surface area contributed by atoms with Crippen molar-refractivity contribution in [3.63, 3.8) is 0 Å². The molecule has 5 nitrogen and oxygen atoms in total. The number of rotatable bonds is 6. The van der Waals surface area contributed by atoms with Gasteiger partial charge in [-0.1, -0.05) is 12.1 Å². The number of hydrogen-bond donors (Lipinski definition) is 1. The second kappa shape index (κ2) is 7.55. The van der Waals surface area contributed by atoms with Crippen molar-refractivity contribution in [3.05, 3.63) is 47.3 Å². The third-order valence-electron chi connectivity index (χ3n) is 3.74. The Morgan fingerprint density at radius 1 is 1.30 bits per heavy atom. The Hall–Kier alpha value is -1.95. The Morgan fingerprint density at radius 3 is 2.48 bits per heavy atom. The molecule has 2 rings (SSSR count). The minimum atomic E-state index is -0.983. The van der Waals surface area contributed by atoms with E-state index in [9.17, 15) is 9.00 Å². The van der Waals surface area contributed by atoms with Gasteiger partial charge in [0.1, 0.15) is 0 Å². The lowest BCUT2D eigenvalue weighted by Crippen LogP contribution is -2.27. The van der Waals surface area contributed by atoms with Crippen LogP contribution in [0.4, 0.5) is 0 Å². The molecule has 2 aromatic rings. The average Bonchev–Trinajstić information content (AvgIpc) is 2.83. The van der Waals surface area contributed by atoms with E-state index in [1.165, 1.54) is 0 Å². The van der Waals surface area contributed by atoms with Crippen LogP contribution in [0.3, 0.4) is 0 Å². The lowest BCUT2D eigenvalue weighted by Gasteiger charge is -2.15. The highest BCUT2D eigenvalue weighted by molar-refractivity contribution is 7.84. The van der Waals surface area contributed by atoms with E-state index < -0.39 is 10.8 Å². The topological polar surface area (TPSA) is 64.0 Å². The molecule has 0 bridgehead atoms. The van der Waals surface area contributed by atoms with E-state index in [0.29, 0.717) is 13.0 Å². The maximum Gasteiger partial charge on any atom is 0.222 e. The van der Waals surface area contributed by atoms with Crippen LogP contribution < -0.4 is 5.32 Å². The summed E-state index contributed by atoms with van der Waals surface area (Å²) in [7, 11) is -0.983. The second-order valence-electron chi connectivity index (χ2n) is 5.71. The number of carbonyl (C=O) groups is 1. The monoisotopic (exact) mass is 333 g/mol. The van der Waals surface area contributed by atoms with Gasteiger partial charge < -0.3 is 5.32 Å². The van der Waals surface area contributed by atoms with Gasteiger partial charge in [-0.15, -0.1) is 0 Å². The maximum atomic E-state index is 12.1. The number of hydrogen-bond acceptors (Lipinski definition) is 3. The van der Waals surface area contributed by atoms with Crippen LogP contribution >= 0.6 is 0 Å². The van der Waals surface area contributed by atoms with Gasteiger partial charge in [0, 0.05) is 40.6 Å². The predicted molar refractivity (Wildman–Crippen MR) is 91.7 cm³/mol. The Bertz CT molecular complexity index is 707. The summed E-state index contributed by atoms with van der Waals surface area (Å²) in [5.74, 6) is -0.00630. The zero-order valence-electron chi connectivity index (χ0n) is 14.0. The van der Waals surface area contributed by atoms with Gasteiger partial charge in [0.15, 0.2) is 0 Å². The van der Waals surface area contributed by atoms with Crippen molar-refractivity contribution in [2.45, 2.75) is 44.7 Å². The molecule has 0 aliphatic rings. The Balaban J connectivity index is 1.89. The summed E-state index contributed by atoms with van der Waals surface area (Å²) in [4.78, 5) is 12.9. The second-order valence-corrected chi connectivity index (χ2v) is 7.09. The molecule has 2 unspecified atom stereocenters. The van der Waals surface area contributed by atoms with E-state index in [1.807, 2.05) is 55.8 Å². The number of carbonyl (C=O) groups excluding carboxylic acids is 1. The molecule has 23 heavy (non-hydrogen) atoms. The molecule has 0 spiro atoms. The molecule has 0 saturated carbocycles. The first-order valence-electron chi connectivity index (χ1n) is 7.60. The maximum absolute atomic E-state index is 12.1. The molecule has 1 aromatic heterocycles. The summed E-state index contributed by atoms with van der Waals surface area (Å²) in [5, 5.41) is 7.34. The van der Waals surface area contributed by atoms with Crippen molar-refractivity contribution < 1.29 is 9.00 Å². The molecule has 0 saturated heterocycles. The zero-order chi connectivity index (χ0) is 17.0. The molecular weight excluding hydrogens is 310 g/mol. The fraction of sp³-hybridized carbons (Fsp3) is 0.412. The molecule has 1 heterocycles. The van der Waals surface area contributed by atoms with Crippen LogP contribution in [0.2, 0.25) is 0 Å². The summed E-state index contributed by atoms with van der Waals surface area (Å²) in [6.07, 6.45) is 2.04. The molecule has 0 aliphatic heterocycles. The lowest BCUT2D eigenvalue weighted by molar-refractivity contribution is -0.122. The molecule has 6 heteroatoms. The van der Waals surface area contributed by atoms with Crippen LogP contribution in [-0.4, -0.2) is 26.2 Å². The summed E-state index contributed by atoms with van der Waals surface area (Å²) < 4.78 is 13.2. The van der Waals surface area contributed by atoms with E-state index in [-0.39, 0.29) is 11.9 Å². The van der Waals surface area contributed by atoms with Gasteiger partial charge >= 0.3 is 0 Å². The molecule has 124 valence electrons. The number of amides is 1. The highest BCUT2D eigenvalue weighted by Gasteiger charge is 2.11. The average molecular weight is 333 g/mol. The Morgan fingerprint density at radius 2 is 1.96 bits per heavy atom. The summed E-state index contributed by atoms with van der Waals surface area (Å²) in [6, 6.07) is 9.40. The normalized spacial score (nSPS) is 13.6. The lowest BCUT2D eigenvalue weighted by atomic mass is 10.1. The van der Waals surface area contributed by atoms with E-state index in [1.54, 1.807) is 6.26 Å². The van der Waals surface area contributed by atoms with Gasteiger partial charge in [-0.2, -0.15) is 5.10 Å². The van der Waals surface area contributed by atoms with Crippen molar-refractivity contribution in [2.24, 2.45) is 0 Å². The highest BCUT2D eigenvalue weighted by atomic mass is 32.2. The number of aryl methyl sites for hydroxylation is 3. The van der Waals surface area contributed by atoms with Crippen LogP contribution in [0.25, 0.3) is 0 Å². The molecular formula is C17H23N3O2S. The number of aromatic nitrogens is 2. The van der Waals surface area contributed by atoms with Crippen molar-refractivity contribution in [3.8, 4) is 0 Å². The molecule has 0 fully saturated rings. The van der Waals surface area contributed by atoms with Crippen LogP contribution in [-0.2, 0) is 22.1 Å². The van der Waals surface area contributed by atoms with Crippen molar-refractivity contribution in [2.75, 3.05) is 6.26 Å². The smallest absolute Gasteiger partial charge is 0.222 e. The van der Waals surface area contributed by atoms with Crippen molar-refractivity contribution in [1.82, 2.24) is 15.1 Å². The van der Waals surface area contributed by atoms with Gasteiger partial charge in [-0.25, -0.2) is 0 Å². The van der Waals surface area contributed by atoms with Gasteiger partial charge in [-0.3, -0.25) is 13.7 Å². The third-order valence-corrected chi connectivity index (χ3v) is 4.68. The SMILES string of the molecule is Cc1cc(C)n(CCC(=O)NC(C)c2ccc(S(C)=O)cc2)n1. The number of nitrogens with one attached hydrogen (secondary N) is 1. The minimum absolute atomic E-state index is 0.00630.